The summed E-state index contributed by atoms with van der Waals surface area (Å²) in [6, 6.07) is 0. The number of hydrogen-bond donors (Lipinski definition) is 0. The highest BCUT2D eigenvalue weighted by Crippen LogP contribution is 2.08. The van der Waals surface area contributed by atoms with Gasteiger partial charge in [-0.3, -0.25) is 0 Å². The van der Waals surface area contributed by atoms with E-state index in [-0.39, 0.29) is 0 Å². The molecule has 0 saturated carbocycles. The summed E-state index contributed by atoms with van der Waals surface area (Å²) < 4.78 is 15.9. The minimum atomic E-state index is 0.399. The van der Waals surface area contributed by atoms with Gasteiger partial charge in [0.25, 0.3) is 0 Å². The number of unbranched alkanes of at least 4 members (excludes halogenated alkanes) is 2. The van der Waals surface area contributed by atoms with Crippen LogP contribution in [0.5, 0.6) is 0 Å². The number of rotatable bonds is 10. The van der Waals surface area contributed by atoms with E-state index >= 15 is 0 Å². The fraction of sp³-hybridized carbons (Fsp3) is 1.00. The monoisotopic (exact) mass is 202 g/mol. The molecule has 1 fully saturated rings. The van der Waals surface area contributed by atoms with Crippen molar-refractivity contribution in [3.63, 3.8) is 0 Å². The molecular weight excluding hydrogens is 180 g/mol. The van der Waals surface area contributed by atoms with Crippen molar-refractivity contribution in [2.24, 2.45) is 0 Å². The molecule has 84 valence electrons. The van der Waals surface area contributed by atoms with Gasteiger partial charge in [-0.05, 0) is 19.3 Å². The Morgan fingerprint density at radius 2 is 1.71 bits per heavy atom. The summed E-state index contributed by atoms with van der Waals surface area (Å²) in [5.41, 5.74) is 0. The van der Waals surface area contributed by atoms with E-state index in [1.54, 1.807) is 0 Å². The highest BCUT2D eigenvalue weighted by molar-refractivity contribution is 4.66. The first-order chi connectivity index (χ1) is 6.93. The van der Waals surface area contributed by atoms with Crippen LogP contribution >= 0.6 is 0 Å². The summed E-state index contributed by atoms with van der Waals surface area (Å²) in [6.45, 7) is 6.47. The molecule has 0 N–H and O–H groups in total. The van der Waals surface area contributed by atoms with Gasteiger partial charge in [0.05, 0.1) is 13.2 Å². The first-order valence-electron chi connectivity index (χ1n) is 5.70. The van der Waals surface area contributed by atoms with Crippen LogP contribution in [0.3, 0.4) is 0 Å². The Kier molecular flexibility index (Phi) is 7.01. The summed E-state index contributed by atoms with van der Waals surface area (Å²) in [7, 11) is 0. The first-order valence-corrected chi connectivity index (χ1v) is 5.70. The normalized spacial score (nSPS) is 19.9. The topological polar surface area (TPSA) is 31.0 Å². The third-order valence-corrected chi connectivity index (χ3v) is 2.18. The maximum atomic E-state index is 5.43. The molecule has 1 aliphatic rings. The Morgan fingerprint density at radius 3 is 2.36 bits per heavy atom. The molecule has 3 heteroatoms. The minimum Gasteiger partial charge on any atom is -0.381 e. The van der Waals surface area contributed by atoms with Gasteiger partial charge >= 0.3 is 0 Å². The van der Waals surface area contributed by atoms with Gasteiger partial charge in [0, 0.05) is 19.8 Å². The summed E-state index contributed by atoms with van der Waals surface area (Å²) in [5.74, 6) is 0. The van der Waals surface area contributed by atoms with E-state index in [2.05, 4.69) is 6.92 Å². The Labute approximate surface area is 86.7 Å². The van der Waals surface area contributed by atoms with E-state index in [1.807, 2.05) is 0 Å². The second kappa shape index (κ2) is 8.21. The molecule has 0 spiro atoms. The Hall–Kier alpha value is -0.120. The highest BCUT2D eigenvalue weighted by atomic mass is 16.6. The van der Waals surface area contributed by atoms with Crippen molar-refractivity contribution in [1.82, 2.24) is 0 Å². The molecule has 1 rings (SSSR count). The van der Waals surface area contributed by atoms with Gasteiger partial charge in [-0.1, -0.05) is 13.3 Å². The molecule has 0 amide bonds. The molecular formula is C11H22O3. The van der Waals surface area contributed by atoms with Crippen LogP contribution in [-0.4, -0.2) is 39.1 Å². The average Bonchev–Trinajstić information content (AvgIpc) is 2.99. The lowest BCUT2D eigenvalue weighted by Gasteiger charge is -2.03. The fourth-order valence-electron chi connectivity index (χ4n) is 1.14. The van der Waals surface area contributed by atoms with Gasteiger partial charge in [0.1, 0.15) is 6.10 Å². The lowest BCUT2D eigenvalue weighted by molar-refractivity contribution is 0.0936. The molecule has 0 aromatic rings. The van der Waals surface area contributed by atoms with Gasteiger partial charge in [0.15, 0.2) is 0 Å². The lowest BCUT2D eigenvalue weighted by atomic mass is 10.3. The molecule has 0 radical (unpaired) electrons. The predicted octanol–water partition coefficient (Wildman–Crippen LogP) is 2.00. The molecule has 1 saturated heterocycles. The van der Waals surface area contributed by atoms with E-state index in [0.717, 1.165) is 45.9 Å². The van der Waals surface area contributed by atoms with Gasteiger partial charge in [-0.2, -0.15) is 0 Å². The summed E-state index contributed by atoms with van der Waals surface area (Å²) in [5, 5.41) is 0. The molecule has 1 atom stereocenters. The summed E-state index contributed by atoms with van der Waals surface area (Å²) in [4.78, 5) is 0. The Balaban J connectivity index is 1.63. The molecule has 0 aliphatic carbocycles. The van der Waals surface area contributed by atoms with Crippen molar-refractivity contribution in [2.45, 2.75) is 38.7 Å². The molecule has 1 heterocycles. The second-order valence-electron chi connectivity index (χ2n) is 3.70. The Bertz CT molecular complexity index is 124. The maximum absolute atomic E-state index is 5.43. The molecule has 0 unspecified atom stereocenters. The van der Waals surface area contributed by atoms with Crippen molar-refractivity contribution in [3.05, 3.63) is 0 Å². The standard InChI is InChI=1S/C11H22O3/c1-2-3-6-12-7-4-5-8-13-9-11-10-14-11/h11H,2-10H2,1H3/t11-/m1/s1. The van der Waals surface area contributed by atoms with Crippen LogP contribution in [-0.2, 0) is 14.2 Å². The molecule has 0 aromatic heterocycles. The van der Waals surface area contributed by atoms with Crippen LogP contribution in [0.15, 0.2) is 0 Å². The van der Waals surface area contributed by atoms with Crippen molar-refractivity contribution in [2.75, 3.05) is 33.0 Å². The number of epoxide rings is 1. The van der Waals surface area contributed by atoms with E-state index in [0.29, 0.717) is 6.10 Å². The summed E-state index contributed by atoms with van der Waals surface area (Å²) >= 11 is 0. The fourth-order valence-corrected chi connectivity index (χ4v) is 1.14. The summed E-state index contributed by atoms with van der Waals surface area (Å²) in [6.07, 6.45) is 4.99. The zero-order chi connectivity index (χ0) is 10.1. The van der Waals surface area contributed by atoms with E-state index < -0.39 is 0 Å². The molecule has 0 aromatic carbocycles. The second-order valence-corrected chi connectivity index (χ2v) is 3.70. The first kappa shape index (κ1) is 12.0. The number of ether oxygens (including phenoxy) is 3. The predicted molar refractivity (Wildman–Crippen MR) is 55.5 cm³/mol. The van der Waals surface area contributed by atoms with Crippen LogP contribution in [0, 0.1) is 0 Å². The van der Waals surface area contributed by atoms with Crippen molar-refractivity contribution < 1.29 is 14.2 Å². The van der Waals surface area contributed by atoms with Crippen LogP contribution in [0.25, 0.3) is 0 Å². The van der Waals surface area contributed by atoms with Gasteiger partial charge in [-0.15, -0.1) is 0 Å². The van der Waals surface area contributed by atoms with Crippen LogP contribution in [0.2, 0.25) is 0 Å². The maximum Gasteiger partial charge on any atom is 0.104 e. The smallest absolute Gasteiger partial charge is 0.104 e. The van der Waals surface area contributed by atoms with Gasteiger partial charge in [0.2, 0.25) is 0 Å². The van der Waals surface area contributed by atoms with Gasteiger partial charge in [-0.25, -0.2) is 0 Å². The minimum absolute atomic E-state index is 0.399. The van der Waals surface area contributed by atoms with Gasteiger partial charge < -0.3 is 14.2 Å². The SMILES string of the molecule is CCCCOCCCCOC[C@@H]1CO1. The van der Waals surface area contributed by atoms with E-state index in [1.165, 1.54) is 12.8 Å². The van der Waals surface area contributed by atoms with Crippen LogP contribution in [0.1, 0.15) is 32.6 Å². The Morgan fingerprint density at radius 1 is 1.07 bits per heavy atom. The quantitative estimate of drug-likeness (QED) is 0.401. The van der Waals surface area contributed by atoms with Crippen molar-refractivity contribution >= 4 is 0 Å². The molecule has 1 aliphatic heterocycles. The highest BCUT2D eigenvalue weighted by Gasteiger charge is 2.21. The number of hydrogen-bond acceptors (Lipinski definition) is 3. The third kappa shape index (κ3) is 7.30. The molecule has 14 heavy (non-hydrogen) atoms. The lowest BCUT2D eigenvalue weighted by Crippen LogP contribution is -2.04. The van der Waals surface area contributed by atoms with E-state index in [9.17, 15) is 0 Å². The third-order valence-electron chi connectivity index (χ3n) is 2.18. The van der Waals surface area contributed by atoms with Crippen molar-refractivity contribution in [3.8, 4) is 0 Å². The van der Waals surface area contributed by atoms with Crippen LogP contribution < -0.4 is 0 Å². The largest absolute Gasteiger partial charge is 0.381 e. The van der Waals surface area contributed by atoms with Crippen LogP contribution in [0.4, 0.5) is 0 Å². The molecule has 0 bridgehead atoms. The molecule has 3 nitrogen and oxygen atoms in total. The van der Waals surface area contributed by atoms with Crippen molar-refractivity contribution in [1.29, 1.82) is 0 Å². The van der Waals surface area contributed by atoms with E-state index in [4.69, 9.17) is 14.2 Å². The zero-order valence-electron chi connectivity index (χ0n) is 9.17. The zero-order valence-corrected chi connectivity index (χ0v) is 9.17. The average molecular weight is 202 g/mol.